The molecule has 0 atom stereocenters. The van der Waals surface area contributed by atoms with Crippen LogP contribution in [0.2, 0.25) is 0 Å². The summed E-state index contributed by atoms with van der Waals surface area (Å²) in [5.41, 5.74) is 4.59. The van der Waals surface area contributed by atoms with Gasteiger partial charge in [-0.25, -0.2) is 0 Å². The number of ether oxygens (including phenoxy) is 1. The summed E-state index contributed by atoms with van der Waals surface area (Å²) in [6, 6.07) is 8.13. The van der Waals surface area contributed by atoms with E-state index in [1.54, 1.807) is 18.3 Å². The van der Waals surface area contributed by atoms with Crippen molar-refractivity contribution in [1.82, 2.24) is 0 Å². The third-order valence-electron chi connectivity index (χ3n) is 4.22. The van der Waals surface area contributed by atoms with E-state index in [1.807, 2.05) is 18.2 Å². The number of rotatable bonds is 4. The molecular formula is C17H25NO. The van der Waals surface area contributed by atoms with Gasteiger partial charge in [-0.1, -0.05) is 25.5 Å². The van der Waals surface area contributed by atoms with Gasteiger partial charge in [0.1, 0.15) is 5.75 Å². The van der Waals surface area contributed by atoms with Crippen LogP contribution in [0.3, 0.4) is 0 Å². The minimum atomic E-state index is 0.328. The van der Waals surface area contributed by atoms with Crippen molar-refractivity contribution < 1.29 is 4.74 Å². The number of nitrogens with one attached hydrogen (secondary N) is 1. The molecule has 0 aliphatic heterocycles. The molecule has 0 amide bonds. The lowest BCUT2D eigenvalue weighted by molar-refractivity contribution is 0.364. The van der Waals surface area contributed by atoms with Crippen molar-refractivity contribution in [1.29, 1.82) is 0 Å². The summed E-state index contributed by atoms with van der Waals surface area (Å²) in [5.74, 6) is 0.901. The van der Waals surface area contributed by atoms with Crippen molar-refractivity contribution >= 4 is 5.69 Å². The summed E-state index contributed by atoms with van der Waals surface area (Å²) in [5, 5.41) is 3.54. The summed E-state index contributed by atoms with van der Waals surface area (Å²) >= 11 is 0. The maximum Gasteiger partial charge on any atom is 0.120 e. The fraction of sp³-hybridized carbons (Fsp3) is 0.529. The van der Waals surface area contributed by atoms with Crippen LogP contribution >= 0.6 is 0 Å². The third-order valence-corrected chi connectivity index (χ3v) is 4.22. The van der Waals surface area contributed by atoms with E-state index in [1.165, 1.54) is 19.3 Å². The van der Waals surface area contributed by atoms with Crippen LogP contribution in [0, 0.1) is 5.41 Å². The molecule has 104 valence electrons. The standard InChI is InChI=1S/C17H25NO/c1-13-7-6-10-17(2,3)16(13)12-18-14-8-5-9-15(11-14)19-4/h5,8-9,11,18H,6-7,10,12H2,1-4H3. The zero-order valence-electron chi connectivity index (χ0n) is 12.5. The van der Waals surface area contributed by atoms with E-state index < -0.39 is 0 Å². The lowest BCUT2D eigenvalue weighted by atomic mass is 9.73. The number of hydrogen-bond donors (Lipinski definition) is 1. The maximum atomic E-state index is 5.26. The Morgan fingerprint density at radius 3 is 2.79 bits per heavy atom. The van der Waals surface area contributed by atoms with E-state index in [0.717, 1.165) is 18.0 Å². The zero-order chi connectivity index (χ0) is 13.9. The highest BCUT2D eigenvalue weighted by atomic mass is 16.5. The Morgan fingerprint density at radius 2 is 2.11 bits per heavy atom. The van der Waals surface area contributed by atoms with Crippen LogP contribution in [0.15, 0.2) is 35.4 Å². The summed E-state index contributed by atoms with van der Waals surface area (Å²) in [7, 11) is 1.70. The molecule has 1 aliphatic rings. The molecule has 0 unspecified atom stereocenters. The Balaban J connectivity index is 2.09. The number of benzene rings is 1. The van der Waals surface area contributed by atoms with Crippen LogP contribution in [0.4, 0.5) is 5.69 Å². The first-order chi connectivity index (χ1) is 9.03. The lowest BCUT2D eigenvalue weighted by Gasteiger charge is -2.35. The SMILES string of the molecule is COc1cccc(NCC2=C(C)CCCC2(C)C)c1. The second kappa shape index (κ2) is 5.68. The van der Waals surface area contributed by atoms with Gasteiger partial charge < -0.3 is 10.1 Å². The van der Waals surface area contributed by atoms with Gasteiger partial charge in [-0.15, -0.1) is 0 Å². The normalized spacial score (nSPS) is 18.3. The molecule has 1 N–H and O–H groups in total. The quantitative estimate of drug-likeness (QED) is 0.796. The molecule has 0 spiro atoms. The summed E-state index contributed by atoms with van der Waals surface area (Å²) in [6.45, 7) is 7.94. The fourth-order valence-corrected chi connectivity index (χ4v) is 2.99. The van der Waals surface area contributed by atoms with Crippen molar-refractivity contribution in [2.75, 3.05) is 19.0 Å². The van der Waals surface area contributed by atoms with Gasteiger partial charge >= 0.3 is 0 Å². The molecule has 2 nitrogen and oxygen atoms in total. The molecule has 0 radical (unpaired) electrons. The Morgan fingerprint density at radius 1 is 1.32 bits per heavy atom. The molecule has 0 aromatic heterocycles. The van der Waals surface area contributed by atoms with Gasteiger partial charge in [0.2, 0.25) is 0 Å². The van der Waals surface area contributed by atoms with E-state index in [0.29, 0.717) is 5.41 Å². The third kappa shape index (κ3) is 3.31. The zero-order valence-corrected chi connectivity index (χ0v) is 12.5. The molecule has 0 fully saturated rings. The first-order valence-electron chi connectivity index (χ1n) is 7.10. The van der Waals surface area contributed by atoms with Crippen molar-refractivity contribution in [3.63, 3.8) is 0 Å². The second-order valence-corrected chi connectivity index (χ2v) is 6.08. The second-order valence-electron chi connectivity index (χ2n) is 6.08. The molecule has 1 aromatic rings. The van der Waals surface area contributed by atoms with Crippen molar-refractivity contribution in [2.45, 2.75) is 40.0 Å². The minimum Gasteiger partial charge on any atom is -0.497 e. The van der Waals surface area contributed by atoms with Crippen LogP contribution in [-0.4, -0.2) is 13.7 Å². The van der Waals surface area contributed by atoms with Gasteiger partial charge in [-0.2, -0.15) is 0 Å². The molecule has 0 saturated carbocycles. The van der Waals surface area contributed by atoms with Crippen molar-refractivity contribution in [3.8, 4) is 5.75 Å². The minimum absolute atomic E-state index is 0.328. The number of methoxy groups -OCH3 is 1. The lowest BCUT2D eigenvalue weighted by Crippen LogP contribution is -2.25. The number of allylic oxidation sites excluding steroid dienone is 1. The highest BCUT2D eigenvalue weighted by Gasteiger charge is 2.27. The van der Waals surface area contributed by atoms with Gasteiger partial charge in [-0.05, 0) is 49.3 Å². The van der Waals surface area contributed by atoms with E-state index in [9.17, 15) is 0 Å². The predicted molar refractivity (Wildman–Crippen MR) is 81.8 cm³/mol. The summed E-state index contributed by atoms with van der Waals surface area (Å²) in [4.78, 5) is 0. The molecule has 1 aliphatic carbocycles. The van der Waals surface area contributed by atoms with Crippen molar-refractivity contribution in [3.05, 3.63) is 35.4 Å². The Hall–Kier alpha value is -1.44. The molecule has 1 aromatic carbocycles. The van der Waals surface area contributed by atoms with Gasteiger partial charge in [0.05, 0.1) is 7.11 Å². The van der Waals surface area contributed by atoms with Crippen molar-refractivity contribution in [2.24, 2.45) is 5.41 Å². The van der Waals surface area contributed by atoms with Gasteiger partial charge in [-0.3, -0.25) is 0 Å². The first kappa shape index (κ1) is 14.0. The van der Waals surface area contributed by atoms with Crippen LogP contribution in [0.5, 0.6) is 5.75 Å². The van der Waals surface area contributed by atoms with Gasteiger partial charge in [0.25, 0.3) is 0 Å². The Labute approximate surface area is 116 Å². The molecule has 2 rings (SSSR count). The Bertz CT molecular complexity index is 474. The first-order valence-corrected chi connectivity index (χ1v) is 7.10. The average molecular weight is 259 g/mol. The highest BCUT2D eigenvalue weighted by molar-refractivity contribution is 5.49. The van der Waals surface area contributed by atoms with Crippen LogP contribution < -0.4 is 10.1 Å². The van der Waals surface area contributed by atoms with Crippen LogP contribution in [0.25, 0.3) is 0 Å². The van der Waals surface area contributed by atoms with Crippen LogP contribution in [0.1, 0.15) is 40.0 Å². The molecular weight excluding hydrogens is 234 g/mol. The average Bonchev–Trinajstić information content (AvgIpc) is 2.37. The van der Waals surface area contributed by atoms with Gasteiger partial charge in [0.15, 0.2) is 0 Å². The van der Waals surface area contributed by atoms with E-state index in [4.69, 9.17) is 4.74 Å². The number of hydrogen-bond acceptors (Lipinski definition) is 2. The van der Waals surface area contributed by atoms with E-state index in [2.05, 4.69) is 32.2 Å². The molecule has 0 saturated heterocycles. The highest BCUT2D eigenvalue weighted by Crippen LogP contribution is 2.40. The topological polar surface area (TPSA) is 21.3 Å². The summed E-state index contributed by atoms with van der Waals surface area (Å²) in [6.07, 6.45) is 3.86. The Kier molecular flexibility index (Phi) is 4.18. The summed E-state index contributed by atoms with van der Waals surface area (Å²) < 4.78 is 5.26. The molecule has 0 bridgehead atoms. The fourth-order valence-electron chi connectivity index (χ4n) is 2.99. The maximum absolute atomic E-state index is 5.26. The smallest absolute Gasteiger partial charge is 0.120 e. The molecule has 19 heavy (non-hydrogen) atoms. The molecule has 2 heteroatoms. The predicted octanol–water partition coefficient (Wildman–Crippen LogP) is 4.63. The van der Waals surface area contributed by atoms with Crippen LogP contribution in [-0.2, 0) is 0 Å². The largest absolute Gasteiger partial charge is 0.497 e. The monoisotopic (exact) mass is 259 g/mol. The number of anilines is 1. The van der Waals surface area contributed by atoms with Gasteiger partial charge in [0, 0.05) is 18.3 Å². The van der Waals surface area contributed by atoms with E-state index in [-0.39, 0.29) is 0 Å². The van der Waals surface area contributed by atoms with E-state index >= 15 is 0 Å². The molecule has 0 heterocycles.